The summed E-state index contributed by atoms with van der Waals surface area (Å²) in [7, 11) is 4.44. The number of benzene rings is 2. The Morgan fingerprint density at radius 2 is 1.50 bits per heavy atom. The van der Waals surface area contributed by atoms with Crippen LogP contribution in [-0.2, 0) is 6.54 Å². The zero-order valence-electron chi connectivity index (χ0n) is 12.7. The van der Waals surface area contributed by atoms with Gasteiger partial charge in [0.25, 0.3) is 0 Å². The van der Waals surface area contributed by atoms with Crippen LogP contribution < -0.4 is 9.80 Å². The minimum atomic E-state index is 0.584. The summed E-state index contributed by atoms with van der Waals surface area (Å²) in [6.45, 7) is 4.45. The number of nitrogens with one attached hydrogen (secondary N) is 1. The van der Waals surface area contributed by atoms with Gasteiger partial charge >= 0.3 is 0 Å². The molecular formula is C18H25N2+. The third-order valence-electron chi connectivity index (χ3n) is 3.91. The second-order valence-corrected chi connectivity index (χ2v) is 5.63. The lowest BCUT2D eigenvalue weighted by Gasteiger charge is -2.27. The first-order valence-electron chi connectivity index (χ1n) is 7.29. The van der Waals surface area contributed by atoms with E-state index in [4.69, 9.17) is 0 Å². The van der Waals surface area contributed by atoms with Crippen LogP contribution in [0, 0.1) is 0 Å². The molecule has 20 heavy (non-hydrogen) atoms. The molecule has 0 heterocycles. The van der Waals surface area contributed by atoms with Gasteiger partial charge in [0, 0.05) is 18.3 Å². The molecule has 0 aliphatic rings. The van der Waals surface area contributed by atoms with Crippen molar-refractivity contribution in [1.29, 1.82) is 0 Å². The SMILES string of the molecule is CC(CN(C)c1ccccc1)[NH+](C)Cc1ccccc1. The summed E-state index contributed by atoms with van der Waals surface area (Å²) in [6.07, 6.45) is 0. The molecule has 106 valence electrons. The molecule has 1 N–H and O–H groups in total. The molecule has 2 heteroatoms. The normalized spacial score (nSPS) is 13.8. The molecule has 2 nitrogen and oxygen atoms in total. The fraction of sp³-hybridized carbons (Fsp3) is 0.333. The Hall–Kier alpha value is -1.80. The summed E-state index contributed by atoms with van der Waals surface area (Å²) in [6, 6.07) is 21.9. The largest absolute Gasteiger partial charge is 0.369 e. The zero-order chi connectivity index (χ0) is 14.4. The van der Waals surface area contributed by atoms with E-state index in [0.29, 0.717) is 6.04 Å². The van der Waals surface area contributed by atoms with E-state index in [0.717, 1.165) is 13.1 Å². The van der Waals surface area contributed by atoms with E-state index in [1.807, 2.05) is 0 Å². The van der Waals surface area contributed by atoms with E-state index in [1.165, 1.54) is 11.3 Å². The molecular weight excluding hydrogens is 244 g/mol. The van der Waals surface area contributed by atoms with Crippen molar-refractivity contribution in [3.63, 3.8) is 0 Å². The second kappa shape index (κ2) is 7.11. The smallest absolute Gasteiger partial charge is 0.103 e. The summed E-state index contributed by atoms with van der Waals surface area (Å²) in [4.78, 5) is 3.87. The van der Waals surface area contributed by atoms with Crippen molar-refractivity contribution in [2.24, 2.45) is 0 Å². The van der Waals surface area contributed by atoms with Crippen molar-refractivity contribution in [2.75, 3.05) is 25.5 Å². The van der Waals surface area contributed by atoms with Crippen molar-refractivity contribution < 1.29 is 4.90 Å². The van der Waals surface area contributed by atoms with Crippen molar-refractivity contribution >= 4 is 5.69 Å². The Bertz CT molecular complexity index is 495. The molecule has 2 rings (SSSR count). The zero-order valence-corrected chi connectivity index (χ0v) is 12.7. The Labute approximate surface area is 122 Å². The highest BCUT2D eigenvalue weighted by Crippen LogP contribution is 2.10. The molecule has 2 atom stereocenters. The first-order chi connectivity index (χ1) is 9.66. The highest BCUT2D eigenvalue weighted by Gasteiger charge is 2.15. The van der Waals surface area contributed by atoms with Gasteiger partial charge in [-0.25, -0.2) is 0 Å². The van der Waals surface area contributed by atoms with Gasteiger partial charge in [0.05, 0.1) is 13.6 Å². The van der Waals surface area contributed by atoms with E-state index in [9.17, 15) is 0 Å². The first kappa shape index (κ1) is 14.6. The van der Waals surface area contributed by atoms with Gasteiger partial charge in [0.1, 0.15) is 12.6 Å². The summed E-state index contributed by atoms with van der Waals surface area (Å²) >= 11 is 0. The number of rotatable bonds is 6. The molecule has 0 aliphatic heterocycles. The average Bonchev–Trinajstić information content (AvgIpc) is 2.49. The van der Waals surface area contributed by atoms with Crippen molar-refractivity contribution in [3.05, 3.63) is 66.2 Å². The van der Waals surface area contributed by atoms with Crippen LogP contribution >= 0.6 is 0 Å². The third-order valence-corrected chi connectivity index (χ3v) is 3.91. The van der Waals surface area contributed by atoms with Gasteiger partial charge < -0.3 is 9.80 Å². The molecule has 0 fully saturated rings. The van der Waals surface area contributed by atoms with Crippen LogP contribution in [0.2, 0.25) is 0 Å². The molecule has 0 radical (unpaired) electrons. The fourth-order valence-corrected chi connectivity index (χ4v) is 2.45. The molecule has 2 aromatic carbocycles. The topological polar surface area (TPSA) is 7.68 Å². The molecule has 0 bridgehead atoms. The Morgan fingerprint density at radius 1 is 0.950 bits per heavy atom. The van der Waals surface area contributed by atoms with Gasteiger partial charge in [0.15, 0.2) is 0 Å². The van der Waals surface area contributed by atoms with E-state index in [2.05, 4.69) is 86.6 Å². The van der Waals surface area contributed by atoms with Gasteiger partial charge in [-0.2, -0.15) is 0 Å². The molecule has 0 saturated heterocycles. The highest BCUT2D eigenvalue weighted by molar-refractivity contribution is 5.44. The summed E-state index contributed by atoms with van der Waals surface area (Å²) in [5.74, 6) is 0. The number of nitrogens with zero attached hydrogens (tertiary/aromatic N) is 1. The molecule has 2 unspecified atom stereocenters. The Kier molecular flexibility index (Phi) is 5.19. The van der Waals surface area contributed by atoms with E-state index >= 15 is 0 Å². The van der Waals surface area contributed by atoms with Crippen LogP contribution in [0.5, 0.6) is 0 Å². The molecule has 0 spiro atoms. The van der Waals surface area contributed by atoms with Gasteiger partial charge in [-0.15, -0.1) is 0 Å². The van der Waals surface area contributed by atoms with E-state index < -0.39 is 0 Å². The van der Waals surface area contributed by atoms with Crippen LogP contribution in [0.25, 0.3) is 0 Å². The molecule has 0 aromatic heterocycles. The lowest BCUT2D eigenvalue weighted by Crippen LogP contribution is -3.12. The van der Waals surface area contributed by atoms with Crippen LogP contribution in [0.4, 0.5) is 5.69 Å². The maximum absolute atomic E-state index is 2.33. The lowest BCUT2D eigenvalue weighted by molar-refractivity contribution is -0.915. The Morgan fingerprint density at radius 3 is 2.10 bits per heavy atom. The number of quaternary nitrogens is 1. The standard InChI is InChI=1S/C18H24N2/c1-16(14-20(3)18-12-8-5-9-13-18)19(2)15-17-10-6-4-7-11-17/h4-13,16H,14-15H2,1-3H3/p+1. The van der Waals surface area contributed by atoms with Gasteiger partial charge in [0.2, 0.25) is 0 Å². The van der Waals surface area contributed by atoms with Gasteiger partial charge in [-0.1, -0.05) is 48.5 Å². The van der Waals surface area contributed by atoms with Crippen LogP contribution in [0.1, 0.15) is 12.5 Å². The second-order valence-electron chi connectivity index (χ2n) is 5.63. The third kappa shape index (κ3) is 4.10. The number of anilines is 1. The number of hydrogen-bond acceptors (Lipinski definition) is 1. The highest BCUT2D eigenvalue weighted by atomic mass is 15.2. The maximum atomic E-state index is 2.33. The van der Waals surface area contributed by atoms with Crippen molar-refractivity contribution in [2.45, 2.75) is 19.5 Å². The predicted octanol–water partition coefficient (Wildman–Crippen LogP) is 2.23. The molecule has 0 aliphatic carbocycles. The predicted molar refractivity (Wildman–Crippen MR) is 86.2 cm³/mol. The van der Waals surface area contributed by atoms with Crippen LogP contribution in [-0.4, -0.2) is 26.7 Å². The Balaban J connectivity index is 1.89. The lowest BCUT2D eigenvalue weighted by atomic mass is 10.2. The van der Waals surface area contributed by atoms with Crippen LogP contribution in [0.15, 0.2) is 60.7 Å². The number of para-hydroxylation sites is 1. The minimum absolute atomic E-state index is 0.584. The summed E-state index contributed by atoms with van der Waals surface area (Å²) < 4.78 is 0. The molecule has 0 saturated carbocycles. The van der Waals surface area contributed by atoms with E-state index in [1.54, 1.807) is 4.90 Å². The van der Waals surface area contributed by atoms with E-state index in [-0.39, 0.29) is 0 Å². The minimum Gasteiger partial charge on any atom is -0.369 e. The van der Waals surface area contributed by atoms with Crippen LogP contribution in [0.3, 0.4) is 0 Å². The van der Waals surface area contributed by atoms with Gasteiger partial charge in [-0.05, 0) is 19.1 Å². The number of hydrogen-bond donors (Lipinski definition) is 1. The molecule has 0 amide bonds. The first-order valence-corrected chi connectivity index (χ1v) is 7.29. The quantitative estimate of drug-likeness (QED) is 0.845. The fourth-order valence-electron chi connectivity index (χ4n) is 2.45. The monoisotopic (exact) mass is 269 g/mol. The number of likely N-dealkylation sites (N-methyl/N-ethyl adjacent to an activating group) is 2. The molecule has 2 aromatic rings. The van der Waals surface area contributed by atoms with Gasteiger partial charge in [-0.3, -0.25) is 0 Å². The summed E-state index contributed by atoms with van der Waals surface area (Å²) in [5, 5.41) is 0. The van der Waals surface area contributed by atoms with Crippen molar-refractivity contribution in [3.8, 4) is 0 Å². The van der Waals surface area contributed by atoms with Crippen molar-refractivity contribution in [1.82, 2.24) is 0 Å². The maximum Gasteiger partial charge on any atom is 0.103 e. The summed E-state index contributed by atoms with van der Waals surface area (Å²) in [5.41, 5.74) is 2.69. The average molecular weight is 269 g/mol.